The van der Waals surface area contributed by atoms with Crippen LogP contribution in [0.15, 0.2) is 84.1 Å². The molecule has 5 rings (SSSR count). The number of allylic oxidation sites excluding steroid dienone is 1. The van der Waals surface area contributed by atoms with Gasteiger partial charge in [0.15, 0.2) is 5.78 Å². The van der Waals surface area contributed by atoms with Crippen molar-refractivity contribution >= 4 is 17.2 Å². The molecule has 1 aliphatic carbocycles. The van der Waals surface area contributed by atoms with Crippen molar-refractivity contribution in [3.05, 3.63) is 95.2 Å². The Morgan fingerprint density at radius 3 is 2.24 bits per heavy atom. The first-order valence-electron chi connectivity index (χ1n) is 11.9. The van der Waals surface area contributed by atoms with Gasteiger partial charge in [-0.25, -0.2) is 0 Å². The lowest BCUT2D eigenvalue weighted by molar-refractivity contribution is -0.116. The summed E-state index contributed by atoms with van der Waals surface area (Å²) in [5.74, 6) is 1.97. The minimum atomic E-state index is -0.226. The highest BCUT2D eigenvalue weighted by Crippen LogP contribution is 2.44. The van der Waals surface area contributed by atoms with Crippen LogP contribution < -0.4 is 20.1 Å². The van der Waals surface area contributed by atoms with E-state index in [2.05, 4.69) is 54.0 Å². The number of rotatable bonds is 6. The molecule has 2 N–H and O–H groups in total. The van der Waals surface area contributed by atoms with Crippen molar-refractivity contribution in [3.8, 4) is 11.5 Å². The van der Waals surface area contributed by atoms with E-state index >= 15 is 0 Å². The molecule has 2 atom stereocenters. The molecule has 1 heterocycles. The summed E-state index contributed by atoms with van der Waals surface area (Å²) >= 11 is 0. The maximum Gasteiger partial charge on any atom is 0.163 e. The summed E-state index contributed by atoms with van der Waals surface area (Å²) in [7, 11) is 1.67. The molecular formula is C29H30N2O3. The molecule has 1 aliphatic heterocycles. The second kappa shape index (κ2) is 9.64. The molecule has 0 bridgehead atoms. The summed E-state index contributed by atoms with van der Waals surface area (Å²) in [5, 5.41) is 7.24. The summed E-state index contributed by atoms with van der Waals surface area (Å²) in [6.45, 7) is 2.79. The number of anilines is 2. The summed E-state index contributed by atoms with van der Waals surface area (Å²) in [6.07, 6.45) is 2.23. The Kier molecular flexibility index (Phi) is 6.26. The predicted molar refractivity (Wildman–Crippen MR) is 136 cm³/mol. The average Bonchev–Trinajstić information content (AvgIpc) is 3.05. The van der Waals surface area contributed by atoms with Crippen LogP contribution in [0.5, 0.6) is 11.5 Å². The third kappa shape index (κ3) is 4.38. The Morgan fingerprint density at radius 2 is 1.53 bits per heavy atom. The van der Waals surface area contributed by atoms with Crippen molar-refractivity contribution in [1.29, 1.82) is 0 Å². The fourth-order valence-corrected chi connectivity index (χ4v) is 4.83. The number of fused-ring (bicyclic) bond motifs is 1. The van der Waals surface area contributed by atoms with E-state index in [0.29, 0.717) is 13.0 Å². The lowest BCUT2D eigenvalue weighted by Crippen LogP contribution is -2.26. The molecule has 0 amide bonds. The van der Waals surface area contributed by atoms with Gasteiger partial charge in [-0.05, 0) is 66.3 Å². The van der Waals surface area contributed by atoms with Gasteiger partial charge in [-0.3, -0.25) is 4.79 Å². The minimum absolute atomic E-state index is 0.125. The Bertz CT molecular complexity index is 1200. The maximum absolute atomic E-state index is 13.6. The van der Waals surface area contributed by atoms with E-state index in [-0.39, 0.29) is 17.7 Å². The number of benzene rings is 3. The minimum Gasteiger partial charge on any atom is -0.497 e. The van der Waals surface area contributed by atoms with Crippen molar-refractivity contribution in [3.63, 3.8) is 0 Å². The highest BCUT2D eigenvalue weighted by molar-refractivity contribution is 6.01. The van der Waals surface area contributed by atoms with E-state index in [4.69, 9.17) is 9.47 Å². The number of ether oxygens (including phenoxy) is 2. The quantitative estimate of drug-likeness (QED) is 0.447. The van der Waals surface area contributed by atoms with Crippen molar-refractivity contribution in [2.75, 3.05) is 24.4 Å². The summed E-state index contributed by atoms with van der Waals surface area (Å²) in [6, 6.07) is 24.1. The lowest BCUT2D eigenvalue weighted by Gasteiger charge is -2.30. The first-order chi connectivity index (χ1) is 16.7. The van der Waals surface area contributed by atoms with Gasteiger partial charge in [0.2, 0.25) is 0 Å². The van der Waals surface area contributed by atoms with Crippen LogP contribution in [0.3, 0.4) is 0 Å². The Labute approximate surface area is 200 Å². The number of para-hydroxylation sites is 2. The zero-order valence-electron chi connectivity index (χ0n) is 19.6. The van der Waals surface area contributed by atoms with Gasteiger partial charge in [0, 0.05) is 17.7 Å². The van der Waals surface area contributed by atoms with Crippen LogP contribution in [0.1, 0.15) is 49.3 Å². The molecule has 0 aromatic heterocycles. The number of hydrogen-bond donors (Lipinski definition) is 2. The SMILES string of the molecule is CCCOc1ccc([C@H]2Nc3ccccc3NC3=C2C(=O)C[C@H](c2ccc(OC)cc2)C3)cc1. The summed E-state index contributed by atoms with van der Waals surface area (Å²) in [4.78, 5) is 13.6. The van der Waals surface area contributed by atoms with Crippen LogP contribution in [-0.4, -0.2) is 19.5 Å². The van der Waals surface area contributed by atoms with Crippen LogP contribution >= 0.6 is 0 Å². The van der Waals surface area contributed by atoms with Gasteiger partial charge in [0.1, 0.15) is 11.5 Å². The zero-order valence-corrected chi connectivity index (χ0v) is 19.6. The number of methoxy groups -OCH3 is 1. The lowest BCUT2D eigenvalue weighted by atomic mass is 9.78. The topological polar surface area (TPSA) is 59.6 Å². The number of hydrogen-bond acceptors (Lipinski definition) is 5. The number of Topliss-reactive ketones (excluding diaryl/α,β-unsaturated/α-hetero) is 1. The molecule has 5 nitrogen and oxygen atoms in total. The predicted octanol–water partition coefficient (Wildman–Crippen LogP) is 6.46. The number of nitrogens with one attached hydrogen (secondary N) is 2. The van der Waals surface area contributed by atoms with Gasteiger partial charge in [-0.1, -0.05) is 43.3 Å². The molecule has 0 saturated carbocycles. The molecule has 0 saturated heterocycles. The van der Waals surface area contributed by atoms with Gasteiger partial charge in [-0.15, -0.1) is 0 Å². The third-order valence-corrected chi connectivity index (χ3v) is 6.58. The van der Waals surface area contributed by atoms with Gasteiger partial charge >= 0.3 is 0 Å². The Hall–Kier alpha value is -3.73. The monoisotopic (exact) mass is 454 g/mol. The molecule has 3 aromatic rings. The van der Waals surface area contributed by atoms with Crippen LogP contribution in [0.2, 0.25) is 0 Å². The van der Waals surface area contributed by atoms with Gasteiger partial charge in [0.25, 0.3) is 0 Å². The molecule has 174 valence electrons. The zero-order chi connectivity index (χ0) is 23.5. The first kappa shape index (κ1) is 22.1. The number of carbonyl (C=O) groups excluding carboxylic acids is 1. The smallest absolute Gasteiger partial charge is 0.163 e. The van der Waals surface area contributed by atoms with E-state index in [9.17, 15) is 4.79 Å². The normalized spacial score (nSPS) is 19.3. The molecule has 5 heteroatoms. The fourth-order valence-electron chi connectivity index (χ4n) is 4.83. The van der Waals surface area contributed by atoms with Crippen molar-refractivity contribution in [1.82, 2.24) is 0 Å². The van der Waals surface area contributed by atoms with Gasteiger partial charge in [-0.2, -0.15) is 0 Å². The van der Waals surface area contributed by atoms with E-state index in [1.165, 1.54) is 0 Å². The average molecular weight is 455 g/mol. The van der Waals surface area contributed by atoms with Gasteiger partial charge < -0.3 is 20.1 Å². The summed E-state index contributed by atoms with van der Waals surface area (Å²) in [5.41, 5.74) is 5.99. The molecule has 0 spiro atoms. The largest absolute Gasteiger partial charge is 0.497 e. The number of carbonyl (C=O) groups is 1. The van der Waals surface area contributed by atoms with Gasteiger partial charge in [0.05, 0.1) is 31.1 Å². The van der Waals surface area contributed by atoms with E-state index in [1.807, 2.05) is 36.4 Å². The highest BCUT2D eigenvalue weighted by Gasteiger charge is 2.36. The van der Waals surface area contributed by atoms with Crippen molar-refractivity contribution in [2.45, 2.75) is 38.1 Å². The second-order valence-corrected chi connectivity index (χ2v) is 8.86. The molecule has 0 radical (unpaired) electrons. The van der Waals surface area contributed by atoms with E-state index in [1.54, 1.807) is 7.11 Å². The third-order valence-electron chi connectivity index (χ3n) is 6.58. The first-order valence-corrected chi connectivity index (χ1v) is 11.9. The van der Waals surface area contributed by atoms with E-state index < -0.39 is 0 Å². The molecular weight excluding hydrogens is 424 g/mol. The fraction of sp³-hybridized carbons (Fsp3) is 0.276. The molecule has 0 unspecified atom stereocenters. The summed E-state index contributed by atoms with van der Waals surface area (Å²) < 4.78 is 11.1. The molecule has 3 aromatic carbocycles. The second-order valence-electron chi connectivity index (χ2n) is 8.86. The Balaban J connectivity index is 1.51. The molecule has 2 aliphatic rings. The highest BCUT2D eigenvalue weighted by atomic mass is 16.5. The van der Waals surface area contributed by atoms with Crippen LogP contribution in [0, 0.1) is 0 Å². The molecule has 0 fully saturated rings. The molecule has 34 heavy (non-hydrogen) atoms. The van der Waals surface area contributed by atoms with Crippen molar-refractivity contribution in [2.24, 2.45) is 0 Å². The Morgan fingerprint density at radius 1 is 0.853 bits per heavy atom. The van der Waals surface area contributed by atoms with Crippen LogP contribution in [0.25, 0.3) is 0 Å². The van der Waals surface area contributed by atoms with Crippen molar-refractivity contribution < 1.29 is 14.3 Å². The number of ketones is 1. The maximum atomic E-state index is 13.6. The van der Waals surface area contributed by atoms with Crippen LogP contribution in [-0.2, 0) is 4.79 Å². The van der Waals surface area contributed by atoms with Crippen LogP contribution in [0.4, 0.5) is 11.4 Å². The standard InChI is InChI=1S/C29H30N2O3/c1-3-16-34-23-14-10-20(11-15-23)29-28-26(30-24-6-4-5-7-25(24)31-29)17-21(18-27(28)32)19-8-12-22(33-2)13-9-19/h4-15,21,29-31H,3,16-18H2,1-2H3/t21-,29-/m1/s1. The van der Waals surface area contributed by atoms with E-state index in [0.717, 1.165) is 58.1 Å².